The maximum Gasteiger partial charge on any atom is 0.335 e. The molecule has 132 valence electrons. The number of benzene rings is 2. The molecule has 0 unspecified atom stereocenters. The summed E-state index contributed by atoms with van der Waals surface area (Å²) in [6.45, 7) is 2.82. The van der Waals surface area contributed by atoms with Gasteiger partial charge in [0.15, 0.2) is 0 Å². The van der Waals surface area contributed by atoms with Crippen LogP contribution in [0.4, 0.5) is 0 Å². The Balaban J connectivity index is 0.00000109. The van der Waals surface area contributed by atoms with Crippen LogP contribution >= 0.6 is 11.6 Å². The van der Waals surface area contributed by atoms with Crippen molar-refractivity contribution < 1.29 is 9.90 Å². The molecule has 25 heavy (non-hydrogen) atoms. The number of carboxylic acid groups (broad SMARTS) is 1. The lowest BCUT2D eigenvalue weighted by molar-refractivity contribution is 0.0697. The Bertz CT molecular complexity index is 854. The normalized spacial score (nSPS) is 10.4. The second kappa shape index (κ2) is 8.70. The topological polar surface area (TPSA) is 68.2 Å². The van der Waals surface area contributed by atoms with Crippen molar-refractivity contribution in [1.82, 2.24) is 4.57 Å². The van der Waals surface area contributed by atoms with E-state index in [0.29, 0.717) is 12.1 Å². The molecule has 3 aromatic rings. The zero-order valence-corrected chi connectivity index (χ0v) is 15.3. The summed E-state index contributed by atoms with van der Waals surface area (Å²) in [6, 6.07) is 15.1. The molecule has 0 fully saturated rings. The molecule has 3 N–H and O–H groups in total. The average Bonchev–Trinajstić information content (AvgIpc) is 2.90. The average molecular weight is 359 g/mol. The molecule has 0 saturated heterocycles. The molecular weight excluding hydrogens is 336 g/mol. The lowest BCUT2D eigenvalue weighted by atomic mass is 10.1. The monoisotopic (exact) mass is 358 g/mol. The Kier molecular flexibility index (Phi) is 6.62. The van der Waals surface area contributed by atoms with Crippen LogP contribution in [0.5, 0.6) is 0 Å². The van der Waals surface area contributed by atoms with E-state index in [1.165, 1.54) is 7.05 Å². The first-order chi connectivity index (χ1) is 12.1. The summed E-state index contributed by atoms with van der Waals surface area (Å²) in [5.74, 6) is -0.905. The summed E-state index contributed by atoms with van der Waals surface area (Å²) >= 11 is 6.58. The van der Waals surface area contributed by atoms with Crippen molar-refractivity contribution in [3.05, 3.63) is 70.4 Å². The zero-order valence-electron chi connectivity index (χ0n) is 14.5. The van der Waals surface area contributed by atoms with E-state index in [4.69, 9.17) is 16.7 Å². The van der Waals surface area contributed by atoms with Gasteiger partial charge in [-0.1, -0.05) is 55.3 Å². The van der Waals surface area contributed by atoms with Crippen molar-refractivity contribution in [2.45, 2.75) is 26.3 Å². The number of carboxylic acids is 1. The molecule has 0 aliphatic heterocycles. The van der Waals surface area contributed by atoms with E-state index < -0.39 is 5.97 Å². The van der Waals surface area contributed by atoms with Crippen LogP contribution in [0.2, 0.25) is 5.02 Å². The smallest absolute Gasteiger partial charge is 0.335 e. The standard InChI is InChI=1S/C19H18ClNO2.CH5N/c1-2-5-17-18(20)15-6-3-4-7-16(15)21(17)12-13-8-10-14(11-9-13)19(22)23;1-2/h3-4,6-11H,2,5,12H2,1H3,(H,22,23);2H2,1H3. The molecule has 0 bridgehead atoms. The Labute approximate surface area is 152 Å². The maximum atomic E-state index is 11.0. The summed E-state index contributed by atoms with van der Waals surface area (Å²) in [5, 5.41) is 10.9. The van der Waals surface area contributed by atoms with Crippen LogP contribution in [0.15, 0.2) is 48.5 Å². The van der Waals surface area contributed by atoms with Crippen molar-refractivity contribution in [3.63, 3.8) is 0 Å². The molecule has 0 aliphatic carbocycles. The van der Waals surface area contributed by atoms with Crippen molar-refractivity contribution in [2.24, 2.45) is 5.73 Å². The Hall–Kier alpha value is -2.30. The van der Waals surface area contributed by atoms with Gasteiger partial charge in [0.05, 0.1) is 16.1 Å². The van der Waals surface area contributed by atoms with Gasteiger partial charge in [-0.15, -0.1) is 0 Å². The molecule has 1 heterocycles. The van der Waals surface area contributed by atoms with Gasteiger partial charge in [0.25, 0.3) is 0 Å². The fourth-order valence-corrected chi connectivity index (χ4v) is 3.27. The first-order valence-corrected chi connectivity index (χ1v) is 8.65. The summed E-state index contributed by atoms with van der Waals surface area (Å²) in [4.78, 5) is 11.0. The van der Waals surface area contributed by atoms with Gasteiger partial charge in [0.2, 0.25) is 0 Å². The highest BCUT2D eigenvalue weighted by Gasteiger charge is 2.15. The molecule has 0 amide bonds. The summed E-state index contributed by atoms with van der Waals surface area (Å²) in [6.07, 6.45) is 1.94. The number of nitrogens with zero attached hydrogens (tertiary/aromatic N) is 1. The van der Waals surface area contributed by atoms with Gasteiger partial charge < -0.3 is 15.4 Å². The van der Waals surface area contributed by atoms with E-state index in [1.807, 2.05) is 30.3 Å². The van der Waals surface area contributed by atoms with Gasteiger partial charge in [-0.05, 0) is 37.2 Å². The Morgan fingerprint density at radius 1 is 1.12 bits per heavy atom. The fourth-order valence-electron chi connectivity index (χ4n) is 2.91. The second-order valence-corrected chi connectivity index (χ2v) is 5.99. The highest BCUT2D eigenvalue weighted by molar-refractivity contribution is 6.36. The highest BCUT2D eigenvalue weighted by atomic mass is 35.5. The first-order valence-electron chi connectivity index (χ1n) is 8.27. The third kappa shape index (κ3) is 4.03. The Morgan fingerprint density at radius 3 is 2.36 bits per heavy atom. The van der Waals surface area contributed by atoms with Crippen molar-refractivity contribution in [3.8, 4) is 0 Å². The summed E-state index contributed by atoms with van der Waals surface area (Å²) < 4.78 is 2.23. The number of carbonyl (C=O) groups is 1. The molecular formula is C20H23ClN2O2. The number of para-hydroxylation sites is 1. The molecule has 2 aromatic carbocycles. The molecule has 0 radical (unpaired) electrons. The third-order valence-electron chi connectivity index (χ3n) is 4.04. The SMILES string of the molecule is CCCc1c(Cl)c2ccccc2n1Cc1ccc(C(=O)O)cc1.CN. The second-order valence-electron chi connectivity index (χ2n) is 5.62. The van der Waals surface area contributed by atoms with Crippen LogP contribution in [0.25, 0.3) is 10.9 Å². The number of hydrogen-bond acceptors (Lipinski definition) is 2. The van der Waals surface area contributed by atoms with Crippen LogP contribution in [0.1, 0.15) is 35.0 Å². The minimum Gasteiger partial charge on any atom is -0.478 e. The molecule has 0 saturated carbocycles. The molecule has 0 spiro atoms. The number of hydrogen-bond donors (Lipinski definition) is 2. The quantitative estimate of drug-likeness (QED) is 0.702. The fraction of sp³-hybridized carbons (Fsp3) is 0.250. The minimum absolute atomic E-state index is 0.304. The van der Waals surface area contributed by atoms with Crippen LogP contribution in [0.3, 0.4) is 0 Å². The van der Waals surface area contributed by atoms with E-state index in [1.54, 1.807) is 12.1 Å². The van der Waals surface area contributed by atoms with E-state index in [0.717, 1.165) is 40.0 Å². The largest absolute Gasteiger partial charge is 0.478 e. The van der Waals surface area contributed by atoms with Gasteiger partial charge in [0, 0.05) is 17.6 Å². The van der Waals surface area contributed by atoms with Crippen LogP contribution in [0, 0.1) is 0 Å². The van der Waals surface area contributed by atoms with E-state index in [-0.39, 0.29) is 0 Å². The third-order valence-corrected chi connectivity index (χ3v) is 4.46. The van der Waals surface area contributed by atoms with Crippen molar-refractivity contribution >= 4 is 28.5 Å². The molecule has 0 atom stereocenters. The van der Waals surface area contributed by atoms with Crippen molar-refractivity contribution in [2.75, 3.05) is 7.05 Å². The number of aromatic nitrogens is 1. The zero-order chi connectivity index (χ0) is 18.4. The predicted molar refractivity (Wildman–Crippen MR) is 104 cm³/mol. The van der Waals surface area contributed by atoms with Gasteiger partial charge in [-0.25, -0.2) is 4.79 Å². The molecule has 3 rings (SSSR count). The number of fused-ring (bicyclic) bond motifs is 1. The molecule has 4 nitrogen and oxygen atoms in total. The maximum absolute atomic E-state index is 11.0. The Morgan fingerprint density at radius 2 is 1.76 bits per heavy atom. The minimum atomic E-state index is -0.905. The van der Waals surface area contributed by atoms with Gasteiger partial charge >= 0.3 is 5.97 Å². The number of rotatable bonds is 5. The van der Waals surface area contributed by atoms with Gasteiger partial charge in [-0.3, -0.25) is 0 Å². The molecule has 0 aliphatic rings. The lowest BCUT2D eigenvalue weighted by Gasteiger charge is -2.11. The van der Waals surface area contributed by atoms with Gasteiger partial charge in [0.1, 0.15) is 0 Å². The summed E-state index contributed by atoms with van der Waals surface area (Å²) in [5.41, 5.74) is 8.11. The number of halogens is 1. The number of nitrogens with two attached hydrogens (primary N) is 1. The molecule has 1 aromatic heterocycles. The van der Waals surface area contributed by atoms with Crippen molar-refractivity contribution in [1.29, 1.82) is 0 Å². The lowest BCUT2D eigenvalue weighted by Crippen LogP contribution is -2.05. The van der Waals surface area contributed by atoms with Crippen LogP contribution < -0.4 is 5.73 Å². The van der Waals surface area contributed by atoms with E-state index in [2.05, 4.69) is 23.3 Å². The van der Waals surface area contributed by atoms with Crippen LogP contribution in [-0.4, -0.2) is 22.7 Å². The number of aromatic carboxylic acids is 1. The highest BCUT2D eigenvalue weighted by Crippen LogP contribution is 2.32. The predicted octanol–water partition coefficient (Wildman–Crippen LogP) is 4.57. The summed E-state index contributed by atoms with van der Waals surface area (Å²) in [7, 11) is 1.50. The molecule has 5 heteroatoms. The van der Waals surface area contributed by atoms with Crippen LogP contribution in [-0.2, 0) is 13.0 Å². The van der Waals surface area contributed by atoms with Gasteiger partial charge in [-0.2, -0.15) is 0 Å². The van der Waals surface area contributed by atoms with E-state index >= 15 is 0 Å². The van der Waals surface area contributed by atoms with E-state index in [9.17, 15) is 4.79 Å². The first kappa shape index (κ1) is 19.0.